The zero-order valence-corrected chi connectivity index (χ0v) is 29.9. The van der Waals surface area contributed by atoms with Crippen molar-refractivity contribution in [3.8, 4) is 22.3 Å². The van der Waals surface area contributed by atoms with Crippen LogP contribution in [0.4, 0.5) is 17.1 Å². The Morgan fingerprint density at radius 2 is 1.11 bits per heavy atom. The van der Waals surface area contributed by atoms with Crippen molar-refractivity contribution in [2.24, 2.45) is 0 Å². The lowest BCUT2D eigenvalue weighted by molar-refractivity contribution is 0.654. The van der Waals surface area contributed by atoms with E-state index >= 15 is 0 Å². The Bertz CT molecular complexity index is 2980. The van der Waals surface area contributed by atoms with E-state index in [1.165, 1.54) is 44.5 Å². The molecule has 0 spiro atoms. The zero-order valence-electron chi connectivity index (χ0n) is 29.9. The molecule has 0 radical (unpaired) electrons. The lowest BCUT2D eigenvalue weighted by Crippen LogP contribution is -2.28. The van der Waals surface area contributed by atoms with E-state index in [2.05, 4.69) is 204 Å². The maximum atomic E-state index is 6.27. The number of rotatable bonds is 6. The van der Waals surface area contributed by atoms with Crippen LogP contribution in [0.2, 0.25) is 0 Å². The fraction of sp³-hybridized carbons (Fsp3) is 0.0192. The number of nitrogens with zero attached hydrogens (tertiary/aromatic N) is 2. The summed E-state index contributed by atoms with van der Waals surface area (Å²) in [7, 11) is 0. The van der Waals surface area contributed by atoms with E-state index in [1.807, 2.05) is 6.07 Å². The van der Waals surface area contributed by atoms with Gasteiger partial charge in [0.05, 0.1) is 11.1 Å². The van der Waals surface area contributed by atoms with Gasteiger partial charge in [-0.15, -0.1) is 0 Å². The molecule has 0 unspecified atom stereocenters. The lowest BCUT2D eigenvalue weighted by Gasteiger charge is -2.34. The molecule has 0 saturated carbocycles. The van der Waals surface area contributed by atoms with Crippen molar-refractivity contribution in [3.05, 3.63) is 229 Å². The first kappa shape index (κ1) is 31.3. The van der Waals surface area contributed by atoms with Crippen molar-refractivity contribution >= 4 is 49.9 Å². The van der Waals surface area contributed by atoms with Gasteiger partial charge < -0.3 is 9.32 Å². The van der Waals surface area contributed by atoms with Gasteiger partial charge in [0, 0.05) is 33.9 Å². The predicted octanol–water partition coefficient (Wildman–Crippen LogP) is 13.6. The lowest BCUT2D eigenvalue weighted by atomic mass is 9.68. The standard InChI is InChI=1S/C52H34N2O/c1-4-14-35(15-5-1)36-25-29-40(30-26-36)54(41-31-27-37-28-32-48-49(44(37)34-41)43-21-13-33-53-51(43)55-48)47-24-12-23-46-50(47)42-20-10-11-22-45(42)52(46,38-16-6-2-7-17-38)39-18-8-3-9-19-39/h1-34H. The third kappa shape index (κ3) is 4.73. The fourth-order valence-corrected chi connectivity index (χ4v) is 9.08. The molecule has 1 aliphatic carbocycles. The topological polar surface area (TPSA) is 29.3 Å². The molecule has 258 valence electrons. The Kier molecular flexibility index (Phi) is 7.08. The predicted molar refractivity (Wildman–Crippen MR) is 226 cm³/mol. The summed E-state index contributed by atoms with van der Waals surface area (Å²) >= 11 is 0. The molecule has 2 heterocycles. The number of pyridine rings is 1. The molecule has 2 aromatic heterocycles. The molecular formula is C52H34N2O. The third-order valence-corrected chi connectivity index (χ3v) is 11.4. The Labute approximate surface area is 319 Å². The number of hydrogen-bond donors (Lipinski definition) is 0. The molecule has 11 rings (SSSR count). The summed E-state index contributed by atoms with van der Waals surface area (Å²) in [5, 5.41) is 4.38. The summed E-state index contributed by atoms with van der Waals surface area (Å²) in [4.78, 5) is 7.00. The van der Waals surface area contributed by atoms with E-state index in [4.69, 9.17) is 4.42 Å². The molecule has 8 aromatic carbocycles. The summed E-state index contributed by atoms with van der Waals surface area (Å²) < 4.78 is 6.27. The quantitative estimate of drug-likeness (QED) is 0.173. The Balaban J connectivity index is 1.21. The van der Waals surface area contributed by atoms with Crippen LogP contribution in [0.1, 0.15) is 22.3 Å². The molecule has 0 saturated heterocycles. The van der Waals surface area contributed by atoms with Gasteiger partial charge in [0.1, 0.15) is 5.58 Å². The van der Waals surface area contributed by atoms with E-state index in [1.54, 1.807) is 6.20 Å². The number of fused-ring (bicyclic) bond motifs is 8. The molecule has 55 heavy (non-hydrogen) atoms. The minimum Gasteiger partial charge on any atom is -0.438 e. The van der Waals surface area contributed by atoms with Crippen molar-refractivity contribution in [1.82, 2.24) is 4.98 Å². The van der Waals surface area contributed by atoms with E-state index in [9.17, 15) is 0 Å². The van der Waals surface area contributed by atoms with Gasteiger partial charge in [-0.3, -0.25) is 0 Å². The second-order valence-corrected chi connectivity index (χ2v) is 14.3. The number of benzene rings is 8. The van der Waals surface area contributed by atoms with Gasteiger partial charge in [-0.2, -0.15) is 0 Å². The monoisotopic (exact) mass is 702 g/mol. The molecule has 0 aliphatic heterocycles. The molecule has 3 nitrogen and oxygen atoms in total. The number of anilines is 3. The van der Waals surface area contributed by atoms with Crippen molar-refractivity contribution < 1.29 is 4.42 Å². The van der Waals surface area contributed by atoms with Crippen molar-refractivity contribution in [2.45, 2.75) is 5.41 Å². The molecule has 0 fully saturated rings. The molecular weight excluding hydrogens is 669 g/mol. The van der Waals surface area contributed by atoms with Crippen LogP contribution in [0.5, 0.6) is 0 Å². The second kappa shape index (κ2) is 12.4. The highest BCUT2D eigenvalue weighted by atomic mass is 16.3. The van der Waals surface area contributed by atoms with E-state index in [0.29, 0.717) is 5.71 Å². The Morgan fingerprint density at radius 1 is 0.473 bits per heavy atom. The van der Waals surface area contributed by atoms with Crippen LogP contribution in [-0.4, -0.2) is 4.98 Å². The highest BCUT2D eigenvalue weighted by molar-refractivity contribution is 6.19. The van der Waals surface area contributed by atoms with Crippen molar-refractivity contribution in [1.29, 1.82) is 0 Å². The largest absolute Gasteiger partial charge is 0.438 e. The number of furan rings is 1. The molecule has 3 heteroatoms. The minimum absolute atomic E-state index is 0.508. The maximum absolute atomic E-state index is 6.27. The first-order valence-corrected chi connectivity index (χ1v) is 18.8. The number of aromatic nitrogens is 1. The Hall–Kier alpha value is -7.23. The fourth-order valence-electron chi connectivity index (χ4n) is 9.08. The van der Waals surface area contributed by atoms with Crippen molar-refractivity contribution in [2.75, 3.05) is 4.90 Å². The van der Waals surface area contributed by atoms with Gasteiger partial charge in [0.15, 0.2) is 0 Å². The minimum atomic E-state index is -0.508. The summed E-state index contributed by atoms with van der Waals surface area (Å²) in [5.41, 5.74) is 14.1. The normalized spacial score (nSPS) is 12.9. The van der Waals surface area contributed by atoms with Gasteiger partial charge in [-0.05, 0) is 98.2 Å². The van der Waals surface area contributed by atoms with Crippen LogP contribution in [-0.2, 0) is 5.41 Å². The van der Waals surface area contributed by atoms with Crippen molar-refractivity contribution in [3.63, 3.8) is 0 Å². The molecule has 0 N–H and O–H groups in total. The first-order chi connectivity index (χ1) is 27.3. The summed E-state index contributed by atoms with van der Waals surface area (Å²) in [5.74, 6) is 0. The number of hydrogen-bond acceptors (Lipinski definition) is 3. The second-order valence-electron chi connectivity index (χ2n) is 14.3. The van der Waals surface area contributed by atoms with Crippen LogP contribution < -0.4 is 4.90 Å². The van der Waals surface area contributed by atoms with E-state index in [0.717, 1.165) is 44.2 Å². The highest BCUT2D eigenvalue weighted by Crippen LogP contribution is 2.59. The first-order valence-electron chi connectivity index (χ1n) is 18.8. The van der Waals surface area contributed by atoms with E-state index < -0.39 is 5.41 Å². The van der Waals surface area contributed by atoms with Crippen LogP contribution in [0.3, 0.4) is 0 Å². The third-order valence-electron chi connectivity index (χ3n) is 11.4. The molecule has 0 amide bonds. The molecule has 1 aliphatic rings. The average molecular weight is 703 g/mol. The van der Waals surface area contributed by atoms with E-state index in [-0.39, 0.29) is 0 Å². The average Bonchev–Trinajstić information content (AvgIpc) is 3.80. The van der Waals surface area contributed by atoms with Crippen LogP contribution in [0.25, 0.3) is 55.1 Å². The maximum Gasteiger partial charge on any atom is 0.227 e. The molecule has 0 atom stereocenters. The molecule has 10 aromatic rings. The zero-order chi connectivity index (χ0) is 36.3. The summed E-state index contributed by atoms with van der Waals surface area (Å²) in [6.07, 6.45) is 1.79. The van der Waals surface area contributed by atoms with Crippen LogP contribution >= 0.6 is 0 Å². The van der Waals surface area contributed by atoms with Gasteiger partial charge in [-0.25, -0.2) is 4.98 Å². The smallest absolute Gasteiger partial charge is 0.227 e. The van der Waals surface area contributed by atoms with Gasteiger partial charge in [-0.1, -0.05) is 152 Å². The van der Waals surface area contributed by atoms with Gasteiger partial charge in [0.25, 0.3) is 0 Å². The van der Waals surface area contributed by atoms with Gasteiger partial charge >= 0.3 is 0 Å². The summed E-state index contributed by atoms with van der Waals surface area (Å²) in [6, 6.07) is 72.5. The summed E-state index contributed by atoms with van der Waals surface area (Å²) in [6.45, 7) is 0. The van der Waals surface area contributed by atoms with Gasteiger partial charge in [0.2, 0.25) is 5.71 Å². The van der Waals surface area contributed by atoms with Crippen LogP contribution in [0, 0.1) is 0 Å². The highest BCUT2D eigenvalue weighted by Gasteiger charge is 2.47. The molecule has 0 bridgehead atoms. The van der Waals surface area contributed by atoms with Crippen LogP contribution in [0.15, 0.2) is 211 Å². The Morgan fingerprint density at radius 3 is 1.87 bits per heavy atom. The SMILES string of the molecule is c1ccc(-c2ccc(N(c3ccc4ccc5oc6ncccc6c5c4c3)c3cccc4c3-c3ccccc3C4(c3ccccc3)c3ccccc3)cc2)cc1.